The predicted molar refractivity (Wildman–Crippen MR) is 81.4 cm³/mol. The third kappa shape index (κ3) is 2.98. The summed E-state index contributed by atoms with van der Waals surface area (Å²) < 4.78 is 2.07. The molecule has 0 aromatic carbocycles. The van der Waals surface area contributed by atoms with Gasteiger partial charge in [0.05, 0.1) is 0 Å². The van der Waals surface area contributed by atoms with Gasteiger partial charge in [0.15, 0.2) is 0 Å². The van der Waals surface area contributed by atoms with Crippen molar-refractivity contribution in [2.45, 2.75) is 47.0 Å². The number of nitrogens with one attached hydrogen (secondary N) is 1. The van der Waals surface area contributed by atoms with Crippen LogP contribution in [0, 0.1) is 13.8 Å². The van der Waals surface area contributed by atoms with E-state index in [0.29, 0.717) is 0 Å². The smallest absolute Gasteiger partial charge is 0.146 e. The minimum Gasteiger partial charge on any atom is -0.370 e. The minimum atomic E-state index is 0.778. The summed E-state index contributed by atoms with van der Waals surface area (Å²) >= 11 is 0. The molecule has 0 spiro atoms. The van der Waals surface area contributed by atoms with Crippen LogP contribution in [0.5, 0.6) is 0 Å². The second-order valence-electron chi connectivity index (χ2n) is 4.96. The van der Waals surface area contributed by atoms with Gasteiger partial charge in [0.1, 0.15) is 23.3 Å². The zero-order chi connectivity index (χ0) is 14.5. The van der Waals surface area contributed by atoms with Gasteiger partial charge in [-0.05, 0) is 26.7 Å². The molecule has 2 rings (SSSR count). The van der Waals surface area contributed by atoms with Crippen LogP contribution in [0.1, 0.15) is 43.9 Å². The lowest BCUT2D eigenvalue weighted by atomic mass is 10.2. The Morgan fingerprint density at radius 2 is 1.95 bits per heavy atom. The summed E-state index contributed by atoms with van der Waals surface area (Å²) in [6.45, 7) is 9.21. The lowest BCUT2D eigenvalue weighted by molar-refractivity contribution is 0.787. The molecule has 2 heterocycles. The van der Waals surface area contributed by atoms with Crippen LogP contribution in [0.3, 0.4) is 0 Å². The van der Waals surface area contributed by atoms with E-state index in [2.05, 4.69) is 45.6 Å². The van der Waals surface area contributed by atoms with E-state index in [4.69, 9.17) is 0 Å². The van der Waals surface area contributed by atoms with E-state index in [1.807, 2.05) is 19.3 Å². The minimum absolute atomic E-state index is 0.778. The standard InChI is InChI=1S/C15H23N5/c1-5-7-13-16-9-10-20(13)15-11(3)14(17-8-6-2)18-12(4)19-15/h9-10H,5-8H2,1-4H3,(H,17,18,19). The largest absolute Gasteiger partial charge is 0.370 e. The van der Waals surface area contributed by atoms with Crippen LogP contribution >= 0.6 is 0 Å². The summed E-state index contributed by atoms with van der Waals surface area (Å²) in [6, 6.07) is 0. The number of imidazole rings is 1. The Hall–Kier alpha value is -1.91. The number of aromatic nitrogens is 4. The van der Waals surface area contributed by atoms with Crippen molar-refractivity contribution in [2.75, 3.05) is 11.9 Å². The monoisotopic (exact) mass is 273 g/mol. The van der Waals surface area contributed by atoms with Crippen LogP contribution in [-0.2, 0) is 6.42 Å². The van der Waals surface area contributed by atoms with Gasteiger partial charge in [-0.3, -0.25) is 4.57 Å². The van der Waals surface area contributed by atoms with Crippen molar-refractivity contribution in [2.24, 2.45) is 0 Å². The van der Waals surface area contributed by atoms with Crippen LogP contribution in [0.2, 0.25) is 0 Å². The summed E-state index contributed by atoms with van der Waals surface area (Å²) in [5.41, 5.74) is 1.07. The van der Waals surface area contributed by atoms with Crippen molar-refractivity contribution in [3.63, 3.8) is 0 Å². The Bertz CT molecular complexity index is 574. The van der Waals surface area contributed by atoms with Gasteiger partial charge in [-0.15, -0.1) is 0 Å². The summed E-state index contributed by atoms with van der Waals surface area (Å²) in [6.07, 6.45) is 6.91. The Labute approximate surface area is 120 Å². The average molecular weight is 273 g/mol. The zero-order valence-electron chi connectivity index (χ0n) is 12.8. The second-order valence-corrected chi connectivity index (χ2v) is 4.96. The third-order valence-corrected chi connectivity index (χ3v) is 3.19. The SMILES string of the molecule is CCCNc1nc(C)nc(-n2ccnc2CCC)c1C. The Morgan fingerprint density at radius 3 is 2.65 bits per heavy atom. The number of nitrogens with zero attached hydrogens (tertiary/aromatic N) is 4. The van der Waals surface area contributed by atoms with Gasteiger partial charge >= 0.3 is 0 Å². The topological polar surface area (TPSA) is 55.6 Å². The highest BCUT2D eigenvalue weighted by Gasteiger charge is 2.13. The van der Waals surface area contributed by atoms with Crippen LogP contribution in [0.4, 0.5) is 5.82 Å². The van der Waals surface area contributed by atoms with E-state index < -0.39 is 0 Å². The van der Waals surface area contributed by atoms with Gasteiger partial charge in [0, 0.05) is 30.9 Å². The summed E-state index contributed by atoms with van der Waals surface area (Å²) in [4.78, 5) is 13.5. The fraction of sp³-hybridized carbons (Fsp3) is 0.533. The Kier molecular flexibility index (Phi) is 4.71. The normalized spacial score (nSPS) is 10.8. The van der Waals surface area contributed by atoms with Gasteiger partial charge in [-0.25, -0.2) is 15.0 Å². The number of hydrogen-bond donors (Lipinski definition) is 1. The van der Waals surface area contributed by atoms with E-state index in [0.717, 1.165) is 54.7 Å². The van der Waals surface area contributed by atoms with Gasteiger partial charge in [-0.2, -0.15) is 0 Å². The number of rotatable bonds is 6. The van der Waals surface area contributed by atoms with Gasteiger partial charge in [-0.1, -0.05) is 13.8 Å². The Balaban J connectivity index is 2.45. The van der Waals surface area contributed by atoms with Crippen molar-refractivity contribution < 1.29 is 0 Å². The van der Waals surface area contributed by atoms with E-state index in [1.54, 1.807) is 0 Å². The first kappa shape index (κ1) is 14.5. The van der Waals surface area contributed by atoms with Gasteiger partial charge in [0.25, 0.3) is 0 Å². The Morgan fingerprint density at radius 1 is 1.15 bits per heavy atom. The summed E-state index contributed by atoms with van der Waals surface area (Å²) in [5, 5.41) is 3.37. The third-order valence-electron chi connectivity index (χ3n) is 3.19. The van der Waals surface area contributed by atoms with E-state index in [-0.39, 0.29) is 0 Å². The van der Waals surface area contributed by atoms with Gasteiger partial charge < -0.3 is 5.32 Å². The molecule has 0 unspecified atom stereocenters. The molecule has 0 atom stereocenters. The second kappa shape index (κ2) is 6.50. The molecule has 0 aliphatic rings. The quantitative estimate of drug-likeness (QED) is 0.879. The first-order valence-corrected chi connectivity index (χ1v) is 7.29. The van der Waals surface area contributed by atoms with Crippen LogP contribution < -0.4 is 5.32 Å². The molecule has 0 aliphatic heterocycles. The fourth-order valence-corrected chi connectivity index (χ4v) is 2.20. The molecule has 0 saturated heterocycles. The van der Waals surface area contributed by atoms with Crippen LogP contribution in [0.15, 0.2) is 12.4 Å². The lowest BCUT2D eigenvalue weighted by Crippen LogP contribution is -2.11. The average Bonchev–Trinajstić information content (AvgIpc) is 2.88. The maximum absolute atomic E-state index is 4.60. The molecule has 5 nitrogen and oxygen atoms in total. The number of hydrogen-bond acceptors (Lipinski definition) is 4. The number of anilines is 1. The molecule has 0 fully saturated rings. The van der Waals surface area contributed by atoms with Crippen LogP contribution in [0.25, 0.3) is 5.82 Å². The lowest BCUT2D eigenvalue weighted by Gasteiger charge is -2.14. The van der Waals surface area contributed by atoms with E-state index in [9.17, 15) is 0 Å². The highest BCUT2D eigenvalue weighted by atomic mass is 15.2. The van der Waals surface area contributed by atoms with Gasteiger partial charge in [0.2, 0.25) is 0 Å². The van der Waals surface area contributed by atoms with Crippen molar-refractivity contribution in [1.29, 1.82) is 0 Å². The molecule has 0 aliphatic carbocycles. The molecular formula is C15H23N5. The molecule has 0 bridgehead atoms. The first-order valence-electron chi connectivity index (χ1n) is 7.29. The molecule has 0 amide bonds. The molecule has 2 aromatic rings. The van der Waals surface area contributed by atoms with Crippen molar-refractivity contribution >= 4 is 5.82 Å². The maximum Gasteiger partial charge on any atom is 0.146 e. The van der Waals surface area contributed by atoms with E-state index in [1.165, 1.54) is 0 Å². The summed E-state index contributed by atoms with van der Waals surface area (Å²) in [5.74, 6) is 3.68. The molecule has 0 saturated carbocycles. The molecule has 0 radical (unpaired) electrons. The molecule has 20 heavy (non-hydrogen) atoms. The summed E-state index contributed by atoms with van der Waals surface area (Å²) in [7, 11) is 0. The van der Waals surface area contributed by atoms with Crippen molar-refractivity contribution in [3.8, 4) is 5.82 Å². The number of aryl methyl sites for hydroxylation is 2. The van der Waals surface area contributed by atoms with E-state index >= 15 is 0 Å². The van der Waals surface area contributed by atoms with Crippen LogP contribution in [-0.4, -0.2) is 26.1 Å². The fourth-order valence-electron chi connectivity index (χ4n) is 2.20. The maximum atomic E-state index is 4.60. The van der Waals surface area contributed by atoms with Crippen molar-refractivity contribution in [1.82, 2.24) is 19.5 Å². The molecule has 108 valence electrons. The van der Waals surface area contributed by atoms with Crippen molar-refractivity contribution in [3.05, 3.63) is 29.6 Å². The molecular weight excluding hydrogens is 250 g/mol. The molecule has 5 heteroatoms. The zero-order valence-corrected chi connectivity index (χ0v) is 12.8. The molecule has 2 aromatic heterocycles. The highest BCUT2D eigenvalue weighted by molar-refractivity contribution is 5.52. The first-order chi connectivity index (χ1) is 9.67. The highest BCUT2D eigenvalue weighted by Crippen LogP contribution is 2.20. The molecule has 1 N–H and O–H groups in total. The predicted octanol–water partition coefficient (Wildman–Crippen LogP) is 3.05.